The molecule has 2 heterocycles. The van der Waals surface area contributed by atoms with Crippen molar-refractivity contribution in [3.05, 3.63) is 63.8 Å². The van der Waals surface area contributed by atoms with Crippen LogP contribution < -0.4 is 10.2 Å². The summed E-state index contributed by atoms with van der Waals surface area (Å²) in [5, 5.41) is 14.6. The van der Waals surface area contributed by atoms with Crippen LogP contribution in [0, 0.1) is 10.1 Å². The number of fused-ring (bicyclic) bond motifs is 2. The fourth-order valence-electron chi connectivity index (χ4n) is 3.46. The van der Waals surface area contributed by atoms with Crippen molar-refractivity contribution >= 4 is 33.9 Å². The number of rotatable bonds is 4. The number of carbonyl (C=O) groups is 1. The van der Waals surface area contributed by atoms with Crippen molar-refractivity contribution in [3.8, 4) is 0 Å². The molecule has 1 aliphatic heterocycles. The van der Waals surface area contributed by atoms with Crippen LogP contribution in [0.4, 0.5) is 17.1 Å². The number of anilines is 2. The minimum Gasteiger partial charge on any atom is -0.371 e. The molecule has 0 bridgehead atoms. The van der Waals surface area contributed by atoms with Gasteiger partial charge in [-0.3, -0.25) is 14.9 Å². The molecular weight excluding hydrogens is 332 g/mol. The van der Waals surface area contributed by atoms with E-state index >= 15 is 0 Å². The van der Waals surface area contributed by atoms with E-state index in [0.29, 0.717) is 22.3 Å². The van der Waals surface area contributed by atoms with Crippen molar-refractivity contribution in [2.75, 3.05) is 23.3 Å². The fourth-order valence-corrected chi connectivity index (χ4v) is 3.46. The van der Waals surface area contributed by atoms with Crippen LogP contribution in [0.25, 0.3) is 10.9 Å². The lowest BCUT2D eigenvalue weighted by Crippen LogP contribution is -2.19. The third-order valence-corrected chi connectivity index (χ3v) is 4.79. The number of hydrogen-bond acceptors (Lipinski definition) is 4. The van der Waals surface area contributed by atoms with Gasteiger partial charge in [0.15, 0.2) is 0 Å². The molecule has 0 saturated carbocycles. The standard InChI is InChI=1S/C19H18N4O3/c1-2-22-9-8-12-6-7-14(11-17(12)22)20-19(24)15-10-13-4-3-5-16(23(25)26)18(13)21-15/h3-7,10-11,21H,2,8-9H2,1H3,(H,20,24). The molecule has 2 aromatic carbocycles. The molecule has 3 aromatic rings. The summed E-state index contributed by atoms with van der Waals surface area (Å²) in [7, 11) is 0. The Kier molecular flexibility index (Phi) is 3.84. The normalized spacial score (nSPS) is 13.0. The van der Waals surface area contributed by atoms with Gasteiger partial charge < -0.3 is 15.2 Å². The molecule has 0 unspecified atom stereocenters. The average Bonchev–Trinajstić information content (AvgIpc) is 3.24. The second kappa shape index (κ2) is 6.18. The Bertz CT molecular complexity index is 1020. The molecule has 26 heavy (non-hydrogen) atoms. The number of likely N-dealkylation sites (N-methyl/N-ethyl adjacent to an activating group) is 1. The van der Waals surface area contributed by atoms with E-state index in [9.17, 15) is 14.9 Å². The predicted molar refractivity (Wildman–Crippen MR) is 101 cm³/mol. The summed E-state index contributed by atoms with van der Waals surface area (Å²) in [6.45, 7) is 4.03. The highest BCUT2D eigenvalue weighted by atomic mass is 16.6. The van der Waals surface area contributed by atoms with Gasteiger partial charge in [-0.25, -0.2) is 0 Å². The van der Waals surface area contributed by atoms with Crippen LogP contribution in [0.1, 0.15) is 23.0 Å². The van der Waals surface area contributed by atoms with Crippen molar-refractivity contribution in [2.45, 2.75) is 13.3 Å². The Hall–Kier alpha value is -3.35. The Balaban J connectivity index is 1.62. The lowest BCUT2D eigenvalue weighted by Gasteiger charge is -2.17. The molecule has 132 valence electrons. The summed E-state index contributed by atoms with van der Waals surface area (Å²) >= 11 is 0. The second-order valence-electron chi connectivity index (χ2n) is 6.31. The quantitative estimate of drug-likeness (QED) is 0.554. The van der Waals surface area contributed by atoms with E-state index in [0.717, 1.165) is 25.2 Å². The Morgan fingerprint density at radius 1 is 1.31 bits per heavy atom. The van der Waals surface area contributed by atoms with Gasteiger partial charge in [-0.1, -0.05) is 18.2 Å². The highest BCUT2D eigenvalue weighted by molar-refractivity contribution is 6.07. The molecule has 0 radical (unpaired) electrons. The second-order valence-corrected chi connectivity index (χ2v) is 6.31. The minimum absolute atomic E-state index is 0.0438. The van der Waals surface area contributed by atoms with E-state index in [2.05, 4.69) is 22.1 Å². The van der Waals surface area contributed by atoms with Gasteiger partial charge in [0.1, 0.15) is 11.2 Å². The van der Waals surface area contributed by atoms with Crippen molar-refractivity contribution < 1.29 is 9.72 Å². The molecule has 4 rings (SSSR count). The zero-order valence-electron chi connectivity index (χ0n) is 14.3. The molecule has 0 atom stereocenters. The maximum atomic E-state index is 12.6. The van der Waals surface area contributed by atoms with Crippen LogP contribution in [0.2, 0.25) is 0 Å². The van der Waals surface area contributed by atoms with Gasteiger partial charge in [0.25, 0.3) is 11.6 Å². The highest BCUT2D eigenvalue weighted by Gasteiger charge is 2.20. The minimum atomic E-state index is -0.458. The predicted octanol–water partition coefficient (Wildman–Crippen LogP) is 3.71. The first-order valence-electron chi connectivity index (χ1n) is 8.52. The molecule has 2 N–H and O–H groups in total. The van der Waals surface area contributed by atoms with Crippen molar-refractivity contribution in [2.24, 2.45) is 0 Å². The van der Waals surface area contributed by atoms with Crippen LogP contribution in [-0.2, 0) is 6.42 Å². The number of para-hydroxylation sites is 1. The summed E-state index contributed by atoms with van der Waals surface area (Å²) < 4.78 is 0. The number of nitrogens with zero attached hydrogens (tertiary/aromatic N) is 2. The van der Waals surface area contributed by atoms with Gasteiger partial charge in [-0.05, 0) is 37.1 Å². The Morgan fingerprint density at radius 3 is 2.92 bits per heavy atom. The van der Waals surface area contributed by atoms with Gasteiger partial charge >= 0.3 is 0 Å². The molecular formula is C19H18N4O3. The lowest BCUT2D eigenvalue weighted by atomic mass is 10.1. The first-order valence-corrected chi connectivity index (χ1v) is 8.52. The number of amides is 1. The van der Waals surface area contributed by atoms with Crippen LogP contribution in [0.15, 0.2) is 42.5 Å². The van der Waals surface area contributed by atoms with E-state index in [1.807, 2.05) is 18.2 Å². The van der Waals surface area contributed by atoms with Crippen molar-refractivity contribution in [1.29, 1.82) is 0 Å². The molecule has 0 aliphatic carbocycles. The lowest BCUT2D eigenvalue weighted by molar-refractivity contribution is -0.383. The number of H-pyrrole nitrogens is 1. The largest absolute Gasteiger partial charge is 0.371 e. The zero-order valence-corrected chi connectivity index (χ0v) is 14.3. The Labute approximate surface area is 149 Å². The number of benzene rings is 2. The highest BCUT2D eigenvalue weighted by Crippen LogP contribution is 2.31. The maximum absolute atomic E-state index is 12.6. The fraction of sp³-hybridized carbons (Fsp3) is 0.211. The summed E-state index contributed by atoms with van der Waals surface area (Å²) in [5.74, 6) is -0.323. The van der Waals surface area contributed by atoms with E-state index in [-0.39, 0.29) is 11.6 Å². The van der Waals surface area contributed by atoms with E-state index in [1.165, 1.54) is 11.6 Å². The van der Waals surface area contributed by atoms with Crippen LogP contribution in [-0.4, -0.2) is 28.9 Å². The first kappa shape index (κ1) is 16.1. The van der Waals surface area contributed by atoms with Gasteiger partial charge in [0, 0.05) is 35.9 Å². The van der Waals surface area contributed by atoms with Crippen LogP contribution in [0.3, 0.4) is 0 Å². The van der Waals surface area contributed by atoms with Crippen molar-refractivity contribution in [1.82, 2.24) is 4.98 Å². The summed E-state index contributed by atoms with van der Waals surface area (Å²) in [6.07, 6.45) is 1.02. The molecule has 0 fully saturated rings. The first-order chi connectivity index (χ1) is 12.6. The maximum Gasteiger partial charge on any atom is 0.293 e. The molecule has 7 heteroatoms. The molecule has 1 amide bonds. The van der Waals surface area contributed by atoms with Crippen LogP contribution >= 0.6 is 0 Å². The smallest absolute Gasteiger partial charge is 0.293 e. The topological polar surface area (TPSA) is 91.3 Å². The summed E-state index contributed by atoms with van der Waals surface area (Å²) in [5.41, 5.74) is 3.75. The zero-order chi connectivity index (χ0) is 18.3. The summed E-state index contributed by atoms with van der Waals surface area (Å²) in [4.78, 5) is 28.4. The van der Waals surface area contributed by atoms with Gasteiger partial charge in [-0.2, -0.15) is 0 Å². The number of nitro groups is 1. The number of aromatic nitrogens is 1. The number of hydrogen-bond donors (Lipinski definition) is 2. The number of nitrogens with one attached hydrogen (secondary N) is 2. The number of non-ortho nitro benzene ring substituents is 1. The van der Waals surface area contributed by atoms with E-state index in [1.54, 1.807) is 18.2 Å². The molecule has 0 spiro atoms. The molecule has 0 saturated heterocycles. The average molecular weight is 350 g/mol. The number of nitro benzene ring substituents is 1. The SMILES string of the molecule is CCN1CCc2ccc(NC(=O)c3cc4cccc([N+](=O)[O-])c4[nH]3)cc21. The third kappa shape index (κ3) is 2.67. The Morgan fingerprint density at radius 2 is 2.15 bits per heavy atom. The van der Waals surface area contributed by atoms with E-state index in [4.69, 9.17) is 0 Å². The van der Waals surface area contributed by atoms with Gasteiger partial charge in [0.2, 0.25) is 0 Å². The molecule has 7 nitrogen and oxygen atoms in total. The molecule has 1 aliphatic rings. The van der Waals surface area contributed by atoms with Gasteiger partial charge in [-0.15, -0.1) is 0 Å². The monoisotopic (exact) mass is 350 g/mol. The van der Waals surface area contributed by atoms with Crippen LogP contribution in [0.5, 0.6) is 0 Å². The third-order valence-electron chi connectivity index (χ3n) is 4.79. The van der Waals surface area contributed by atoms with Gasteiger partial charge in [0.05, 0.1) is 4.92 Å². The van der Waals surface area contributed by atoms with Crippen molar-refractivity contribution in [3.63, 3.8) is 0 Å². The number of aromatic amines is 1. The number of carbonyl (C=O) groups excluding carboxylic acids is 1. The van der Waals surface area contributed by atoms with E-state index < -0.39 is 4.92 Å². The molecule has 1 aromatic heterocycles. The summed E-state index contributed by atoms with van der Waals surface area (Å²) in [6, 6.07) is 12.3.